The maximum atomic E-state index is 11.3. The van der Waals surface area contributed by atoms with Crippen LogP contribution in [0.1, 0.15) is 35.1 Å². The summed E-state index contributed by atoms with van der Waals surface area (Å²) in [6.45, 7) is 2.53. The van der Waals surface area contributed by atoms with Gasteiger partial charge in [0.2, 0.25) is 0 Å². The summed E-state index contributed by atoms with van der Waals surface area (Å²) in [5, 5.41) is 13.5. The molecule has 0 saturated heterocycles. The number of aromatic carboxylic acids is 1. The lowest BCUT2D eigenvalue weighted by Crippen LogP contribution is -2.05. The Labute approximate surface area is 116 Å². The Kier molecular flexibility index (Phi) is 3.18. The Morgan fingerprint density at radius 3 is 3.05 bits per heavy atom. The smallest absolute Gasteiger partial charge is 0.356 e. The zero-order valence-corrected chi connectivity index (χ0v) is 11.3. The average Bonchev–Trinajstić information content (AvgIpc) is 3.00. The number of carboxylic acids is 1. The SMILES string of the molecule is CCOc1cccc(-n2nc(C(=O)O)c3c2CCC3)c1. The van der Waals surface area contributed by atoms with E-state index < -0.39 is 5.97 Å². The highest BCUT2D eigenvalue weighted by Gasteiger charge is 2.26. The van der Waals surface area contributed by atoms with Gasteiger partial charge in [0.05, 0.1) is 12.3 Å². The molecule has 0 spiro atoms. The average molecular weight is 272 g/mol. The van der Waals surface area contributed by atoms with Crippen LogP contribution in [-0.2, 0) is 12.8 Å². The fourth-order valence-electron chi connectivity index (χ4n) is 2.69. The van der Waals surface area contributed by atoms with E-state index in [1.165, 1.54) is 0 Å². The van der Waals surface area contributed by atoms with Crippen molar-refractivity contribution in [1.82, 2.24) is 9.78 Å². The van der Waals surface area contributed by atoms with Gasteiger partial charge in [0.15, 0.2) is 5.69 Å². The van der Waals surface area contributed by atoms with Crippen molar-refractivity contribution in [3.63, 3.8) is 0 Å². The largest absolute Gasteiger partial charge is 0.494 e. The van der Waals surface area contributed by atoms with Crippen LogP contribution in [0.15, 0.2) is 24.3 Å². The Bertz CT molecular complexity index is 661. The van der Waals surface area contributed by atoms with Crippen LogP contribution in [0.25, 0.3) is 5.69 Å². The third-order valence-electron chi connectivity index (χ3n) is 3.51. The molecule has 0 atom stereocenters. The highest BCUT2D eigenvalue weighted by atomic mass is 16.5. The van der Waals surface area contributed by atoms with Gasteiger partial charge < -0.3 is 9.84 Å². The monoisotopic (exact) mass is 272 g/mol. The Morgan fingerprint density at radius 1 is 1.45 bits per heavy atom. The third-order valence-corrected chi connectivity index (χ3v) is 3.51. The van der Waals surface area contributed by atoms with Crippen molar-refractivity contribution in [2.24, 2.45) is 0 Å². The van der Waals surface area contributed by atoms with Gasteiger partial charge in [-0.15, -0.1) is 0 Å². The maximum Gasteiger partial charge on any atom is 0.356 e. The summed E-state index contributed by atoms with van der Waals surface area (Å²) in [6, 6.07) is 7.58. The first-order chi connectivity index (χ1) is 9.70. The number of benzene rings is 1. The molecule has 104 valence electrons. The maximum absolute atomic E-state index is 11.3. The molecule has 0 saturated carbocycles. The molecule has 1 aromatic carbocycles. The minimum atomic E-state index is -0.956. The van der Waals surface area contributed by atoms with Gasteiger partial charge >= 0.3 is 5.97 Å². The van der Waals surface area contributed by atoms with Gasteiger partial charge in [-0.25, -0.2) is 9.48 Å². The predicted molar refractivity (Wildman–Crippen MR) is 73.7 cm³/mol. The van der Waals surface area contributed by atoms with Gasteiger partial charge in [-0.1, -0.05) is 6.07 Å². The van der Waals surface area contributed by atoms with E-state index in [0.717, 1.165) is 42.0 Å². The Hall–Kier alpha value is -2.30. The van der Waals surface area contributed by atoms with Crippen molar-refractivity contribution < 1.29 is 14.6 Å². The fraction of sp³-hybridized carbons (Fsp3) is 0.333. The van der Waals surface area contributed by atoms with E-state index in [1.54, 1.807) is 4.68 Å². The van der Waals surface area contributed by atoms with Crippen LogP contribution in [-0.4, -0.2) is 27.5 Å². The number of aromatic nitrogens is 2. The summed E-state index contributed by atoms with van der Waals surface area (Å²) in [7, 11) is 0. The van der Waals surface area contributed by atoms with Crippen molar-refractivity contribution in [1.29, 1.82) is 0 Å². The molecule has 0 bridgehead atoms. The zero-order valence-electron chi connectivity index (χ0n) is 11.3. The first kappa shape index (κ1) is 12.7. The van der Waals surface area contributed by atoms with E-state index in [4.69, 9.17) is 4.74 Å². The summed E-state index contributed by atoms with van der Waals surface area (Å²) in [5.41, 5.74) is 2.91. The van der Waals surface area contributed by atoms with Crippen LogP contribution in [0.2, 0.25) is 0 Å². The molecule has 1 aromatic heterocycles. The summed E-state index contributed by atoms with van der Waals surface area (Å²) in [4.78, 5) is 11.3. The fourth-order valence-corrected chi connectivity index (χ4v) is 2.69. The molecule has 0 aliphatic heterocycles. The number of fused-ring (bicyclic) bond motifs is 1. The lowest BCUT2D eigenvalue weighted by atomic mass is 10.2. The molecule has 1 N–H and O–H groups in total. The number of carboxylic acid groups (broad SMARTS) is 1. The molecule has 3 rings (SSSR count). The van der Waals surface area contributed by atoms with E-state index in [-0.39, 0.29) is 5.69 Å². The van der Waals surface area contributed by atoms with E-state index >= 15 is 0 Å². The van der Waals surface area contributed by atoms with Crippen LogP contribution in [0.5, 0.6) is 5.75 Å². The number of ether oxygens (including phenoxy) is 1. The first-order valence-corrected chi connectivity index (χ1v) is 6.78. The van der Waals surface area contributed by atoms with Crippen molar-refractivity contribution in [3.05, 3.63) is 41.2 Å². The lowest BCUT2D eigenvalue weighted by Gasteiger charge is -2.08. The molecule has 5 heteroatoms. The highest BCUT2D eigenvalue weighted by Crippen LogP contribution is 2.28. The second-order valence-corrected chi connectivity index (χ2v) is 4.77. The molecule has 1 aliphatic carbocycles. The number of hydrogen-bond acceptors (Lipinski definition) is 3. The minimum Gasteiger partial charge on any atom is -0.494 e. The van der Waals surface area contributed by atoms with Gasteiger partial charge in [-0.05, 0) is 38.3 Å². The van der Waals surface area contributed by atoms with Gasteiger partial charge in [0, 0.05) is 17.3 Å². The molecule has 1 aliphatic rings. The van der Waals surface area contributed by atoms with Crippen LogP contribution < -0.4 is 4.74 Å². The second-order valence-electron chi connectivity index (χ2n) is 4.77. The van der Waals surface area contributed by atoms with Crippen LogP contribution in [0.4, 0.5) is 0 Å². The molecular formula is C15H16N2O3. The van der Waals surface area contributed by atoms with E-state index in [0.29, 0.717) is 6.61 Å². The van der Waals surface area contributed by atoms with Crippen molar-refractivity contribution in [2.75, 3.05) is 6.61 Å². The van der Waals surface area contributed by atoms with E-state index in [9.17, 15) is 9.90 Å². The van der Waals surface area contributed by atoms with Crippen molar-refractivity contribution in [3.8, 4) is 11.4 Å². The van der Waals surface area contributed by atoms with Gasteiger partial charge in [-0.3, -0.25) is 0 Å². The van der Waals surface area contributed by atoms with Crippen LogP contribution in [0, 0.1) is 0 Å². The summed E-state index contributed by atoms with van der Waals surface area (Å²) in [5.74, 6) is -0.188. The topological polar surface area (TPSA) is 64.4 Å². The zero-order chi connectivity index (χ0) is 14.1. The molecule has 2 aromatic rings. The summed E-state index contributed by atoms with van der Waals surface area (Å²) >= 11 is 0. The van der Waals surface area contributed by atoms with Crippen LogP contribution in [0.3, 0.4) is 0 Å². The number of hydrogen-bond donors (Lipinski definition) is 1. The standard InChI is InChI=1S/C15H16N2O3/c1-2-20-11-6-3-5-10(9-11)17-13-8-4-7-12(13)14(16-17)15(18)19/h3,5-6,9H,2,4,7-8H2,1H3,(H,18,19). The second kappa shape index (κ2) is 5.00. The van der Waals surface area contributed by atoms with E-state index in [2.05, 4.69) is 5.10 Å². The molecule has 0 amide bonds. The number of carbonyl (C=O) groups is 1. The van der Waals surface area contributed by atoms with Gasteiger partial charge in [-0.2, -0.15) is 5.10 Å². The summed E-state index contributed by atoms with van der Waals surface area (Å²) < 4.78 is 7.23. The van der Waals surface area contributed by atoms with Gasteiger partial charge in [0.1, 0.15) is 5.75 Å². The minimum absolute atomic E-state index is 0.180. The first-order valence-electron chi connectivity index (χ1n) is 6.78. The number of nitrogens with zero attached hydrogens (tertiary/aromatic N) is 2. The van der Waals surface area contributed by atoms with Crippen LogP contribution >= 0.6 is 0 Å². The summed E-state index contributed by atoms with van der Waals surface area (Å²) in [6.07, 6.45) is 2.65. The normalized spacial score (nSPS) is 13.2. The predicted octanol–water partition coefficient (Wildman–Crippen LogP) is 2.46. The lowest BCUT2D eigenvalue weighted by molar-refractivity contribution is 0.0689. The Morgan fingerprint density at radius 2 is 2.30 bits per heavy atom. The Balaban J connectivity index is 2.08. The van der Waals surface area contributed by atoms with Gasteiger partial charge in [0.25, 0.3) is 0 Å². The molecule has 5 nitrogen and oxygen atoms in total. The third kappa shape index (κ3) is 2.05. The van der Waals surface area contributed by atoms with Crippen molar-refractivity contribution in [2.45, 2.75) is 26.2 Å². The van der Waals surface area contributed by atoms with E-state index in [1.807, 2.05) is 31.2 Å². The highest BCUT2D eigenvalue weighted by molar-refractivity contribution is 5.87. The quantitative estimate of drug-likeness (QED) is 0.928. The number of rotatable bonds is 4. The molecule has 0 radical (unpaired) electrons. The molecule has 0 fully saturated rings. The molecule has 20 heavy (non-hydrogen) atoms. The molecule has 0 unspecified atom stereocenters. The van der Waals surface area contributed by atoms with Crippen molar-refractivity contribution >= 4 is 5.97 Å². The molecular weight excluding hydrogens is 256 g/mol. The molecule has 1 heterocycles.